The van der Waals surface area contributed by atoms with Gasteiger partial charge >= 0.3 is 0 Å². The molecule has 0 saturated heterocycles. The Kier molecular flexibility index (Phi) is 5.17. The van der Waals surface area contributed by atoms with Gasteiger partial charge in [0.25, 0.3) is 5.91 Å². The van der Waals surface area contributed by atoms with Crippen molar-refractivity contribution >= 4 is 28.8 Å². The molecule has 1 aromatic heterocycles. The summed E-state index contributed by atoms with van der Waals surface area (Å²) in [5.74, 6) is -0.329. The minimum absolute atomic E-state index is 0.0133. The first-order valence-corrected chi connectivity index (χ1v) is 7.30. The normalized spacial score (nSPS) is 12.0. The van der Waals surface area contributed by atoms with Crippen LogP contribution in [0.2, 0.25) is 5.02 Å². The zero-order valence-corrected chi connectivity index (χ0v) is 12.7. The number of ether oxygens (including phenoxy) is 1. The summed E-state index contributed by atoms with van der Waals surface area (Å²) in [6.07, 6.45) is -1.01. The first-order chi connectivity index (χ1) is 10.0. The molecule has 0 aliphatic carbocycles. The van der Waals surface area contributed by atoms with Crippen LogP contribution in [-0.4, -0.2) is 24.7 Å². The van der Waals surface area contributed by atoms with Gasteiger partial charge in [-0.2, -0.15) is 0 Å². The molecule has 2 N–H and O–H groups in total. The van der Waals surface area contributed by atoms with Crippen LogP contribution in [0, 0.1) is 5.82 Å². The van der Waals surface area contributed by atoms with Crippen LogP contribution in [0.5, 0.6) is 5.75 Å². The molecule has 1 atom stereocenters. The summed E-state index contributed by atoms with van der Waals surface area (Å²) in [6.45, 7) is -0.0277. The summed E-state index contributed by atoms with van der Waals surface area (Å²) in [7, 11) is 1.52. The smallest absolute Gasteiger partial charge is 0.261 e. The maximum absolute atomic E-state index is 13.3. The summed E-state index contributed by atoms with van der Waals surface area (Å²) >= 11 is 6.81. The highest BCUT2D eigenvalue weighted by atomic mass is 35.5. The number of carbonyl (C=O) groups excluding carboxylic acids is 1. The highest BCUT2D eigenvalue weighted by molar-refractivity contribution is 7.12. The lowest BCUT2D eigenvalue weighted by Crippen LogP contribution is -2.27. The van der Waals surface area contributed by atoms with Crippen LogP contribution in [0.1, 0.15) is 21.3 Å². The van der Waals surface area contributed by atoms with E-state index < -0.39 is 11.9 Å². The fourth-order valence-electron chi connectivity index (χ4n) is 1.66. The van der Waals surface area contributed by atoms with Gasteiger partial charge in [0, 0.05) is 18.0 Å². The molecular formula is C14H13ClFNO3S. The standard InChI is InChI=1S/C14H13ClFNO3S/c1-20-9-5-13(21-7-9)14(19)17-6-12(18)8-2-3-10(15)11(16)4-8/h2-5,7,12,18H,6H2,1H3,(H,17,19). The number of hydrogen-bond donors (Lipinski definition) is 2. The predicted molar refractivity (Wildman–Crippen MR) is 79.6 cm³/mol. The van der Waals surface area contributed by atoms with Crippen LogP contribution >= 0.6 is 22.9 Å². The third kappa shape index (κ3) is 3.93. The molecule has 112 valence electrons. The number of nitrogens with one attached hydrogen (secondary N) is 1. The number of rotatable bonds is 5. The number of aliphatic hydroxyl groups excluding tert-OH is 1. The van der Waals surface area contributed by atoms with Crippen LogP contribution < -0.4 is 10.1 Å². The number of aliphatic hydroxyl groups is 1. The van der Waals surface area contributed by atoms with Gasteiger partial charge in [-0.05, 0) is 17.7 Å². The molecule has 21 heavy (non-hydrogen) atoms. The maximum atomic E-state index is 13.3. The van der Waals surface area contributed by atoms with Gasteiger partial charge in [0.2, 0.25) is 0 Å². The van der Waals surface area contributed by atoms with E-state index in [4.69, 9.17) is 16.3 Å². The summed E-state index contributed by atoms with van der Waals surface area (Å²) in [5.41, 5.74) is 0.348. The van der Waals surface area contributed by atoms with Crippen LogP contribution in [-0.2, 0) is 0 Å². The Hall–Kier alpha value is -1.63. The minimum Gasteiger partial charge on any atom is -0.496 e. The first kappa shape index (κ1) is 15.8. The second-order valence-electron chi connectivity index (χ2n) is 4.25. The van der Waals surface area contributed by atoms with E-state index >= 15 is 0 Å². The Morgan fingerprint density at radius 2 is 2.29 bits per heavy atom. The highest BCUT2D eigenvalue weighted by Crippen LogP contribution is 2.22. The Labute approximate surface area is 130 Å². The zero-order valence-electron chi connectivity index (χ0n) is 11.1. The van der Waals surface area contributed by atoms with Crippen LogP contribution in [0.15, 0.2) is 29.6 Å². The van der Waals surface area contributed by atoms with Crippen molar-refractivity contribution in [2.24, 2.45) is 0 Å². The molecule has 2 aromatic rings. The fourth-order valence-corrected chi connectivity index (χ4v) is 2.55. The summed E-state index contributed by atoms with van der Waals surface area (Å²) < 4.78 is 18.3. The summed E-state index contributed by atoms with van der Waals surface area (Å²) in [5, 5.41) is 14.2. The number of hydrogen-bond acceptors (Lipinski definition) is 4. The van der Waals surface area contributed by atoms with Gasteiger partial charge in [0.15, 0.2) is 0 Å². The van der Waals surface area contributed by atoms with Gasteiger partial charge in [-0.25, -0.2) is 4.39 Å². The van der Waals surface area contributed by atoms with Crippen LogP contribution in [0.25, 0.3) is 0 Å². The molecule has 0 aliphatic heterocycles. The molecule has 0 aliphatic rings. The predicted octanol–water partition coefficient (Wildman–Crippen LogP) is 3.01. The Bertz CT molecular complexity index is 647. The van der Waals surface area contributed by atoms with Crippen molar-refractivity contribution in [1.82, 2.24) is 5.32 Å². The molecule has 7 heteroatoms. The maximum Gasteiger partial charge on any atom is 0.261 e. The van der Waals surface area contributed by atoms with Gasteiger partial charge in [-0.3, -0.25) is 4.79 Å². The molecule has 1 unspecified atom stereocenters. The van der Waals surface area contributed by atoms with Gasteiger partial charge in [0.05, 0.1) is 23.1 Å². The number of halogens is 2. The molecule has 1 aromatic carbocycles. The number of methoxy groups -OCH3 is 1. The topological polar surface area (TPSA) is 58.6 Å². The Morgan fingerprint density at radius 3 is 2.90 bits per heavy atom. The van der Waals surface area contributed by atoms with Crippen molar-refractivity contribution in [2.75, 3.05) is 13.7 Å². The average molecular weight is 330 g/mol. The molecule has 0 bridgehead atoms. The monoisotopic (exact) mass is 329 g/mol. The Balaban J connectivity index is 1.95. The third-order valence-corrected chi connectivity index (χ3v) is 4.03. The van der Waals surface area contributed by atoms with Crippen molar-refractivity contribution in [1.29, 1.82) is 0 Å². The van der Waals surface area contributed by atoms with Crippen molar-refractivity contribution in [3.63, 3.8) is 0 Å². The molecule has 0 saturated carbocycles. The first-order valence-electron chi connectivity index (χ1n) is 6.05. The van der Waals surface area contributed by atoms with E-state index in [0.29, 0.717) is 16.2 Å². The van der Waals surface area contributed by atoms with Gasteiger partial charge in [-0.15, -0.1) is 11.3 Å². The van der Waals surface area contributed by atoms with E-state index in [9.17, 15) is 14.3 Å². The van der Waals surface area contributed by atoms with E-state index in [2.05, 4.69) is 5.32 Å². The Morgan fingerprint density at radius 1 is 1.52 bits per heavy atom. The van der Waals surface area contributed by atoms with E-state index in [-0.39, 0.29) is 17.5 Å². The fraction of sp³-hybridized carbons (Fsp3) is 0.214. The molecular weight excluding hydrogens is 317 g/mol. The minimum atomic E-state index is -1.01. The molecule has 0 fully saturated rings. The molecule has 4 nitrogen and oxygen atoms in total. The zero-order chi connectivity index (χ0) is 15.4. The van der Waals surface area contributed by atoms with Gasteiger partial charge < -0.3 is 15.2 Å². The molecule has 1 amide bonds. The summed E-state index contributed by atoms with van der Waals surface area (Å²) in [4.78, 5) is 12.3. The lowest BCUT2D eigenvalue weighted by Gasteiger charge is -2.12. The van der Waals surface area contributed by atoms with Crippen molar-refractivity contribution in [2.45, 2.75) is 6.10 Å². The molecule has 2 rings (SSSR count). The number of amides is 1. The quantitative estimate of drug-likeness (QED) is 0.886. The van der Waals surface area contributed by atoms with E-state index in [0.717, 1.165) is 6.07 Å². The second-order valence-corrected chi connectivity index (χ2v) is 5.57. The SMILES string of the molecule is COc1csc(C(=O)NCC(O)c2ccc(Cl)c(F)c2)c1. The van der Waals surface area contributed by atoms with Crippen molar-refractivity contribution in [3.8, 4) is 5.75 Å². The number of thiophene rings is 1. The molecule has 0 radical (unpaired) electrons. The van der Waals surface area contributed by atoms with E-state index in [1.54, 1.807) is 11.4 Å². The molecule has 0 spiro atoms. The van der Waals surface area contributed by atoms with E-state index in [1.807, 2.05) is 0 Å². The lowest BCUT2D eigenvalue weighted by atomic mass is 10.1. The lowest BCUT2D eigenvalue weighted by molar-refractivity contribution is 0.0920. The van der Waals surface area contributed by atoms with Gasteiger partial charge in [0.1, 0.15) is 11.6 Å². The van der Waals surface area contributed by atoms with Crippen molar-refractivity contribution in [3.05, 3.63) is 50.9 Å². The van der Waals surface area contributed by atoms with Crippen molar-refractivity contribution < 1.29 is 19.0 Å². The van der Waals surface area contributed by atoms with Crippen LogP contribution in [0.4, 0.5) is 4.39 Å². The summed E-state index contributed by atoms with van der Waals surface area (Å²) in [6, 6.07) is 5.62. The average Bonchev–Trinajstić information content (AvgIpc) is 2.96. The van der Waals surface area contributed by atoms with E-state index in [1.165, 1.54) is 30.6 Å². The van der Waals surface area contributed by atoms with Gasteiger partial charge in [-0.1, -0.05) is 17.7 Å². The molecule has 1 heterocycles. The number of benzene rings is 1. The largest absolute Gasteiger partial charge is 0.496 e. The third-order valence-electron chi connectivity index (χ3n) is 2.82. The number of carbonyl (C=O) groups is 1. The highest BCUT2D eigenvalue weighted by Gasteiger charge is 2.14. The van der Waals surface area contributed by atoms with Crippen LogP contribution in [0.3, 0.4) is 0 Å². The second kappa shape index (κ2) is 6.89.